The van der Waals surface area contributed by atoms with Gasteiger partial charge in [-0.15, -0.1) is 5.10 Å². The minimum absolute atomic E-state index is 0.127. The average molecular weight is 285 g/mol. The summed E-state index contributed by atoms with van der Waals surface area (Å²) in [6.07, 6.45) is 1.31. The number of nitrogens with one attached hydrogen (secondary N) is 1. The molecule has 0 spiro atoms. The van der Waals surface area contributed by atoms with Gasteiger partial charge in [0.1, 0.15) is 5.82 Å². The second-order valence-corrected chi connectivity index (χ2v) is 4.16. The molecule has 0 aliphatic rings. The number of benzene rings is 1. The van der Waals surface area contributed by atoms with E-state index >= 15 is 0 Å². The molecule has 0 saturated heterocycles. The zero-order valence-electron chi connectivity index (χ0n) is 9.68. The Kier molecular flexibility index (Phi) is 3.96. The van der Waals surface area contributed by atoms with Crippen LogP contribution in [-0.2, 0) is 6.54 Å². The molecule has 0 aliphatic carbocycles. The molecule has 0 aliphatic heterocycles. The summed E-state index contributed by atoms with van der Waals surface area (Å²) in [5.74, 6) is -1.58. The molecule has 100 valence electrons. The SMILES string of the molecule is O=C(O)c1cn(CCNc2ccc(Cl)cc2F)nn1. The molecule has 0 fully saturated rings. The fourth-order valence-corrected chi connectivity index (χ4v) is 1.60. The predicted molar refractivity (Wildman–Crippen MR) is 66.9 cm³/mol. The van der Waals surface area contributed by atoms with Gasteiger partial charge in [-0.3, -0.25) is 0 Å². The molecule has 0 amide bonds. The number of carboxylic acid groups (broad SMARTS) is 1. The van der Waals surface area contributed by atoms with E-state index in [4.69, 9.17) is 16.7 Å². The number of rotatable bonds is 5. The molecule has 0 bridgehead atoms. The third kappa shape index (κ3) is 3.41. The van der Waals surface area contributed by atoms with E-state index in [-0.39, 0.29) is 5.69 Å². The summed E-state index contributed by atoms with van der Waals surface area (Å²) >= 11 is 5.63. The minimum Gasteiger partial charge on any atom is -0.476 e. The largest absolute Gasteiger partial charge is 0.476 e. The maximum absolute atomic E-state index is 13.4. The quantitative estimate of drug-likeness (QED) is 0.876. The van der Waals surface area contributed by atoms with Gasteiger partial charge >= 0.3 is 5.97 Å². The second-order valence-electron chi connectivity index (χ2n) is 3.72. The Morgan fingerprint density at radius 2 is 2.32 bits per heavy atom. The van der Waals surface area contributed by atoms with E-state index in [1.54, 1.807) is 6.07 Å². The van der Waals surface area contributed by atoms with Crippen molar-refractivity contribution in [1.82, 2.24) is 15.0 Å². The van der Waals surface area contributed by atoms with E-state index < -0.39 is 11.8 Å². The van der Waals surface area contributed by atoms with Crippen LogP contribution in [0.3, 0.4) is 0 Å². The van der Waals surface area contributed by atoms with E-state index in [9.17, 15) is 9.18 Å². The average Bonchev–Trinajstić information content (AvgIpc) is 2.81. The monoisotopic (exact) mass is 284 g/mol. The number of anilines is 1. The number of carboxylic acids is 1. The lowest BCUT2D eigenvalue weighted by Crippen LogP contribution is -2.11. The van der Waals surface area contributed by atoms with Crippen LogP contribution in [0.5, 0.6) is 0 Å². The van der Waals surface area contributed by atoms with Gasteiger partial charge < -0.3 is 10.4 Å². The van der Waals surface area contributed by atoms with Crippen molar-refractivity contribution in [2.24, 2.45) is 0 Å². The predicted octanol–water partition coefficient (Wildman–Crippen LogP) is 1.88. The molecule has 0 atom stereocenters. The fraction of sp³-hybridized carbons (Fsp3) is 0.182. The van der Waals surface area contributed by atoms with Gasteiger partial charge in [0.2, 0.25) is 0 Å². The van der Waals surface area contributed by atoms with Gasteiger partial charge in [0, 0.05) is 11.6 Å². The Morgan fingerprint density at radius 3 is 2.95 bits per heavy atom. The maximum atomic E-state index is 13.4. The zero-order chi connectivity index (χ0) is 13.8. The lowest BCUT2D eigenvalue weighted by atomic mass is 10.3. The Morgan fingerprint density at radius 1 is 1.53 bits per heavy atom. The molecule has 19 heavy (non-hydrogen) atoms. The lowest BCUT2D eigenvalue weighted by Gasteiger charge is -2.07. The van der Waals surface area contributed by atoms with Gasteiger partial charge in [-0.25, -0.2) is 13.9 Å². The van der Waals surface area contributed by atoms with Crippen LogP contribution in [0.15, 0.2) is 24.4 Å². The van der Waals surface area contributed by atoms with Gasteiger partial charge in [-0.05, 0) is 18.2 Å². The van der Waals surface area contributed by atoms with E-state index in [0.29, 0.717) is 23.8 Å². The highest BCUT2D eigenvalue weighted by Crippen LogP contribution is 2.18. The normalized spacial score (nSPS) is 10.4. The van der Waals surface area contributed by atoms with Crippen LogP contribution in [0, 0.1) is 5.82 Å². The van der Waals surface area contributed by atoms with Crippen molar-refractivity contribution < 1.29 is 14.3 Å². The molecule has 1 heterocycles. The highest BCUT2D eigenvalue weighted by molar-refractivity contribution is 6.30. The first-order valence-electron chi connectivity index (χ1n) is 5.38. The van der Waals surface area contributed by atoms with Crippen molar-refractivity contribution in [1.29, 1.82) is 0 Å². The summed E-state index contributed by atoms with van der Waals surface area (Å²) < 4.78 is 14.8. The Balaban J connectivity index is 1.90. The lowest BCUT2D eigenvalue weighted by molar-refractivity contribution is 0.0690. The molecule has 0 unspecified atom stereocenters. The van der Waals surface area contributed by atoms with Crippen molar-refractivity contribution in [3.8, 4) is 0 Å². The minimum atomic E-state index is -1.14. The molecule has 8 heteroatoms. The smallest absolute Gasteiger partial charge is 0.358 e. The van der Waals surface area contributed by atoms with Crippen LogP contribution >= 0.6 is 11.6 Å². The summed E-state index contributed by atoms with van der Waals surface area (Å²) in [6.45, 7) is 0.739. The van der Waals surface area contributed by atoms with Crippen LogP contribution in [0.4, 0.5) is 10.1 Å². The van der Waals surface area contributed by atoms with Crippen LogP contribution in [0.1, 0.15) is 10.5 Å². The van der Waals surface area contributed by atoms with Crippen LogP contribution in [-0.4, -0.2) is 32.6 Å². The molecule has 2 N–H and O–H groups in total. The van der Waals surface area contributed by atoms with Gasteiger partial charge in [-0.1, -0.05) is 16.8 Å². The summed E-state index contributed by atoms with van der Waals surface area (Å²) in [4.78, 5) is 10.6. The van der Waals surface area contributed by atoms with E-state index in [2.05, 4.69) is 15.6 Å². The third-order valence-electron chi connectivity index (χ3n) is 2.35. The van der Waals surface area contributed by atoms with Crippen molar-refractivity contribution in [2.45, 2.75) is 6.54 Å². The topological polar surface area (TPSA) is 80.0 Å². The molecule has 2 rings (SSSR count). The summed E-state index contributed by atoms with van der Waals surface area (Å²) in [6, 6.07) is 4.31. The Hall–Kier alpha value is -2.15. The summed E-state index contributed by atoms with van der Waals surface area (Å²) in [5.41, 5.74) is 0.195. The number of halogens is 2. The molecule has 2 aromatic rings. The van der Waals surface area contributed by atoms with Gasteiger partial charge in [-0.2, -0.15) is 0 Å². The Labute approximate surface area is 112 Å². The van der Waals surface area contributed by atoms with E-state index in [1.807, 2.05) is 0 Å². The first-order valence-corrected chi connectivity index (χ1v) is 5.76. The second kappa shape index (κ2) is 5.66. The molecule has 0 saturated carbocycles. The van der Waals surface area contributed by atoms with Gasteiger partial charge in [0.05, 0.1) is 18.4 Å². The molecular weight excluding hydrogens is 275 g/mol. The van der Waals surface area contributed by atoms with Gasteiger partial charge in [0.25, 0.3) is 0 Å². The van der Waals surface area contributed by atoms with E-state index in [1.165, 1.54) is 23.0 Å². The van der Waals surface area contributed by atoms with Crippen molar-refractivity contribution in [2.75, 3.05) is 11.9 Å². The first kappa shape index (κ1) is 13.3. The molecule has 6 nitrogen and oxygen atoms in total. The van der Waals surface area contributed by atoms with Gasteiger partial charge in [0.15, 0.2) is 5.69 Å². The number of nitrogens with zero attached hydrogens (tertiary/aromatic N) is 3. The molecule has 0 radical (unpaired) electrons. The zero-order valence-corrected chi connectivity index (χ0v) is 10.4. The highest BCUT2D eigenvalue weighted by atomic mass is 35.5. The summed E-state index contributed by atoms with van der Waals surface area (Å²) in [5, 5.41) is 19.0. The van der Waals surface area contributed by atoms with E-state index in [0.717, 1.165) is 0 Å². The number of aromatic carboxylic acids is 1. The molecular formula is C11H10ClFN4O2. The standard InChI is InChI=1S/C11H10ClFN4O2/c12-7-1-2-9(8(13)5-7)14-3-4-17-6-10(11(18)19)15-16-17/h1-2,5-6,14H,3-4H2,(H,18,19). The first-order chi connectivity index (χ1) is 9.06. The van der Waals surface area contributed by atoms with Crippen LogP contribution < -0.4 is 5.32 Å². The number of hydrogen-bond donors (Lipinski definition) is 2. The third-order valence-corrected chi connectivity index (χ3v) is 2.58. The van der Waals surface area contributed by atoms with Crippen molar-refractivity contribution >= 4 is 23.3 Å². The molecule has 1 aromatic carbocycles. The fourth-order valence-electron chi connectivity index (χ4n) is 1.44. The van der Waals surface area contributed by atoms with Crippen LogP contribution in [0.2, 0.25) is 5.02 Å². The number of carbonyl (C=O) groups is 1. The van der Waals surface area contributed by atoms with Crippen LogP contribution in [0.25, 0.3) is 0 Å². The number of hydrogen-bond acceptors (Lipinski definition) is 4. The van der Waals surface area contributed by atoms with Crippen molar-refractivity contribution in [3.05, 3.63) is 40.9 Å². The Bertz CT molecular complexity index is 602. The highest BCUT2D eigenvalue weighted by Gasteiger charge is 2.08. The number of aromatic nitrogens is 3. The summed E-state index contributed by atoms with van der Waals surface area (Å²) in [7, 11) is 0. The maximum Gasteiger partial charge on any atom is 0.358 e. The molecule has 1 aromatic heterocycles. The van der Waals surface area contributed by atoms with Crippen molar-refractivity contribution in [3.63, 3.8) is 0 Å².